The van der Waals surface area contributed by atoms with Crippen molar-refractivity contribution in [3.63, 3.8) is 0 Å². The summed E-state index contributed by atoms with van der Waals surface area (Å²) in [5, 5.41) is 13.0. The highest BCUT2D eigenvalue weighted by Crippen LogP contribution is 2.38. The smallest absolute Gasteiger partial charge is 0.266 e. The van der Waals surface area contributed by atoms with Crippen molar-refractivity contribution in [2.75, 3.05) is 30.9 Å². The molecule has 8 heteroatoms. The maximum absolute atomic E-state index is 12.7. The van der Waals surface area contributed by atoms with E-state index in [1.165, 1.54) is 6.08 Å². The Balaban J connectivity index is 1.81. The molecule has 35 heavy (non-hydrogen) atoms. The molecule has 3 aromatic rings. The number of hydrogen-bond acceptors (Lipinski definition) is 5. The SMILES string of the molecule is CCOc1cc(/C=C(/C#N)C(=O)Nc2ccc(N(C)C)cc2)cc(Br)c1OCc1ccc(Cl)cc1. The van der Waals surface area contributed by atoms with Gasteiger partial charge in [0.15, 0.2) is 11.5 Å². The molecule has 3 aromatic carbocycles. The number of amides is 1. The number of ether oxygens (including phenoxy) is 2. The molecule has 0 fully saturated rings. The van der Waals surface area contributed by atoms with Crippen LogP contribution in [-0.2, 0) is 11.4 Å². The number of rotatable bonds is 9. The van der Waals surface area contributed by atoms with Gasteiger partial charge in [0.25, 0.3) is 5.91 Å². The fourth-order valence-corrected chi connectivity index (χ4v) is 3.87. The summed E-state index contributed by atoms with van der Waals surface area (Å²) in [5.74, 6) is 0.532. The fourth-order valence-electron chi connectivity index (χ4n) is 3.17. The predicted molar refractivity (Wildman–Crippen MR) is 144 cm³/mol. The van der Waals surface area contributed by atoms with Crippen molar-refractivity contribution in [3.05, 3.63) is 86.9 Å². The topological polar surface area (TPSA) is 74.6 Å². The molecule has 180 valence electrons. The average molecular weight is 555 g/mol. The van der Waals surface area contributed by atoms with Gasteiger partial charge in [-0.3, -0.25) is 4.79 Å². The second kappa shape index (κ2) is 12.3. The van der Waals surface area contributed by atoms with Gasteiger partial charge in [0.05, 0.1) is 11.1 Å². The maximum Gasteiger partial charge on any atom is 0.266 e. The first-order chi connectivity index (χ1) is 16.8. The molecule has 1 N–H and O–H groups in total. The fraction of sp³-hybridized carbons (Fsp3) is 0.185. The molecule has 6 nitrogen and oxygen atoms in total. The molecule has 0 saturated heterocycles. The number of hydrogen-bond donors (Lipinski definition) is 1. The lowest BCUT2D eigenvalue weighted by molar-refractivity contribution is -0.112. The summed E-state index contributed by atoms with van der Waals surface area (Å²) < 4.78 is 12.4. The minimum atomic E-state index is -0.498. The molecule has 0 bridgehead atoms. The first kappa shape index (κ1) is 26.1. The van der Waals surface area contributed by atoms with Crippen LogP contribution in [0.25, 0.3) is 6.08 Å². The molecule has 0 aliphatic rings. The summed E-state index contributed by atoms with van der Waals surface area (Å²) in [6, 6.07) is 20.2. The Hall–Kier alpha value is -3.47. The van der Waals surface area contributed by atoms with E-state index >= 15 is 0 Å². The molecule has 0 aromatic heterocycles. The van der Waals surface area contributed by atoms with Crippen LogP contribution in [0.3, 0.4) is 0 Å². The molecular weight excluding hydrogens is 530 g/mol. The van der Waals surface area contributed by atoms with Gasteiger partial charge in [-0.1, -0.05) is 23.7 Å². The third-order valence-corrected chi connectivity index (χ3v) is 5.79. The van der Waals surface area contributed by atoms with Crippen LogP contribution >= 0.6 is 27.5 Å². The number of nitrogens with zero attached hydrogens (tertiary/aromatic N) is 2. The Morgan fingerprint density at radius 2 is 1.80 bits per heavy atom. The minimum absolute atomic E-state index is 0.0362. The van der Waals surface area contributed by atoms with E-state index in [-0.39, 0.29) is 5.57 Å². The summed E-state index contributed by atoms with van der Waals surface area (Å²) in [6.07, 6.45) is 1.51. The quantitative estimate of drug-likeness (QED) is 0.236. The van der Waals surface area contributed by atoms with E-state index in [0.717, 1.165) is 11.3 Å². The first-order valence-corrected chi connectivity index (χ1v) is 12.0. The zero-order valence-electron chi connectivity index (χ0n) is 19.6. The Kier molecular flexibility index (Phi) is 9.18. The van der Waals surface area contributed by atoms with Crippen LogP contribution in [0.15, 0.2) is 70.7 Å². The van der Waals surface area contributed by atoms with Gasteiger partial charge in [0.2, 0.25) is 0 Å². The number of carbonyl (C=O) groups is 1. The number of anilines is 2. The van der Waals surface area contributed by atoms with E-state index in [0.29, 0.717) is 45.5 Å². The normalized spacial score (nSPS) is 10.9. The van der Waals surface area contributed by atoms with Crippen molar-refractivity contribution in [3.8, 4) is 17.6 Å². The van der Waals surface area contributed by atoms with E-state index < -0.39 is 5.91 Å². The molecule has 0 spiro atoms. The Labute approximate surface area is 218 Å². The van der Waals surface area contributed by atoms with Crippen molar-refractivity contribution < 1.29 is 14.3 Å². The lowest BCUT2D eigenvalue weighted by Crippen LogP contribution is -2.14. The summed E-state index contributed by atoms with van der Waals surface area (Å²) in [6.45, 7) is 2.62. The standard InChI is InChI=1S/C27H25BrClN3O3/c1-4-34-25-15-19(14-24(28)26(25)35-17-18-5-7-21(29)8-6-18)13-20(16-30)27(33)31-22-9-11-23(12-10-22)32(2)3/h5-15H,4,17H2,1-3H3,(H,31,33)/b20-13-. The van der Waals surface area contributed by atoms with E-state index in [2.05, 4.69) is 21.2 Å². The van der Waals surface area contributed by atoms with Crippen molar-refractivity contribution in [2.24, 2.45) is 0 Å². The number of halogens is 2. The highest BCUT2D eigenvalue weighted by Gasteiger charge is 2.15. The van der Waals surface area contributed by atoms with Crippen molar-refractivity contribution in [1.29, 1.82) is 5.26 Å². The summed E-state index contributed by atoms with van der Waals surface area (Å²) in [7, 11) is 3.87. The molecule has 0 atom stereocenters. The zero-order valence-corrected chi connectivity index (χ0v) is 22.0. The van der Waals surface area contributed by atoms with Crippen LogP contribution in [0.5, 0.6) is 11.5 Å². The van der Waals surface area contributed by atoms with Crippen LogP contribution < -0.4 is 19.7 Å². The third-order valence-electron chi connectivity index (χ3n) is 4.95. The van der Waals surface area contributed by atoms with Gasteiger partial charge in [-0.15, -0.1) is 0 Å². The molecule has 0 heterocycles. The van der Waals surface area contributed by atoms with Crippen LogP contribution in [-0.4, -0.2) is 26.6 Å². The Morgan fingerprint density at radius 1 is 1.11 bits per heavy atom. The Morgan fingerprint density at radius 3 is 2.40 bits per heavy atom. The molecule has 3 rings (SSSR count). The molecule has 0 radical (unpaired) electrons. The van der Waals surface area contributed by atoms with Crippen molar-refractivity contribution in [1.82, 2.24) is 0 Å². The number of nitrogens with one attached hydrogen (secondary N) is 1. The van der Waals surface area contributed by atoms with Gasteiger partial charge in [0, 0.05) is 30.5 Å². The summed E-state index contributed by atoms with van der Waals surface area (Å²) >= 11 is 9.48. The zero-order chi connectivity index (χ0) is 25.4. The molecule has 0 saturated carbocycles. The van der Waals surface area contributed by atoms with Gasteiger partial charge in [-0.25, -0.2) is 0 Å². The van der Waals surface area contributed by atoms with E-state index in [1.54, 1.807) is 36.4 Å². The van der Waals surface area contributed by atoms with Crippen LogP contribution in [0.4, 0.5) is 11.4 Å². The highest BCUT2D eigenvalue weighted by molar-refractivity contribution is 9.10. The predicted octanol–water partition coefficient (Wildman–Crippen LogP) is 6.69. The van der Waals surface area contributed by atoms with E-state index in [4.69, 9.17) is 21.1 Å². The monoisotopic (exact) mass is 553 g/mol. The van der Waals surface area contributed by atoms with E-state index in [1.807, 2.05) is 56.3 Å². The lowest BCUT2D eigenvalue weighted by atomic mass is 10.1. The van der Waals surface area contributed by atoms with Gasteiger partial charge >= 0.3 is 0 Å². The first-order valence-electron chi connectivity index (χ1n) is 10.8. The number of nitriles is 1. The van der Waals surface area contributed by atoms with Crippen molar-refractivity contribution >= 4 is 50.9 Å². The number of carbonyl (C=O) groups excluding carboxylic acids is 1. The third kappa shape index (κ3) is 7.25. The van der Waals surface area contributed by atoms with Gasteiger partial charge in [-0.05, 0) is 88.6 Å². The molecule has 0 unspecified atom stereocenters. The second-order valence-electron chi connectivity index (χ2n) is 7.74. The van der Waals surface area contributed by atoms with E-state index in [9.17, 15) is 10.1 Å². The average Bonchev–Trinajstić information content (AvgIpc) is 2.83. The Bertz CT molecular complexity index is 1250. The van der Waals surface area contributed by atoms with Gasteiger partial charge in [0.1, 0.15) is 18.2 Å². The molecule has 0 aliphatic heterocycles. The van der Waals surface area contributed by atoms with Crippen LogP contribution in [0.1, 0.15) is 18.1 Å². The van der Waals surface area contributed by atoms with Gasteiger partial charge in [-0.2, -0.15) is 5.26 Å². The summed E-state index contributed by atoms with van der Waals surface area (Å²) in [5.41, 5.74) is 3.14. The van der Waals surface area contributed by atoms with Crippen LogP contribution in [0.2, 0.25) is 5.02 Å². The second-order valence-corrected chi connectivity index (χ2v) is 9.03. The highest BCUT2D eigenvalue weighted by atomic mass is 79.9. The van der Waals surface area contributed by atoms with Crippen LogP contribution in [0, 0.1) is 11.3 Å². The molecular formula is C27H25BrClN3O3. The lowest BCUT2D eigenvalue weighted by Gasteiger charge is -2.15. The summed E-state index contributed by atoms with van der Waals surface area (Å²) in [4.78, 5) is 14.7. The molecule has 0 aliphatic carbocycles. The van der Waals surface area contributed by atoms with Gasteiger partial charge < -0.3 is 19.7 Å². The minimum Gasteiger partial charge on any atom is -0.490 e. The van der Waals surface area contributed by atoms with Crippen molar-refractivity contribution in [2.45, 2.75) is 13.5 Å². The molecule has 1 amide bonds. The number of benzene rings is 3. The maximum atomic E-state index is 12.7. The largest absolute Gasteiger partial charge is 0.490 e.